The number of nitrogens with two attached hydrogens (primary N) is 1. The molecule has 0 aromatic rings. The first-order valence-electron chi connectivity index (χ1n) is 5.06. The Balaban J connectivity index is 1.99. The van der Waals surface area contributed by atoms with E-state index in [2.05, 4.69) is 5.32 Å². The number of hydrogen-bond donors (Lipinski definition) is 2. The number of amides is 2. The van der Waals surface area contributed by atoms with Gasteiger partial charge in [-0.05, 0) is 18.8 Å². The van der Waals surface area contributed by atoms with Gasteiger partial charge in [0, 0.05) is 25.7 Å². The molecular weight excluding hydrogens is 166 g/mol. The zero-order valence-electron chi connectivity index (χ0n) is 7.83. The van der Waals surface area contributed by atoms with E-state index < -0.39 is 0 Å². The second-order valence-corrected chi connectivity index (χ2v) is 3.99. The van der Waals surface area contributed by atoms with Crippen LogP contribution in [0.5, 0.6) is 0 Å². The minimum absolute atomic E-state index is 0.251. The maximum atomic E-state index is 11.1. The number of rotatable bonds is 1. The van der Waals surface area contributed by atoms with Gasteiger partial charge in [0.1, 0.15) is 0 Å². The third-order valence-corrected chi connectivity index (χ3v) is 3.26. The zero-order chi connectivity index (χ0) is 9.26. The first-order chi connectivity index (χ1) is 6.29. The topological polar surface area (TPSA) is 58.4 Å². The number of carbonyl (C=O) groups is 1. The molecule has 0 radical (unpaired) electrons. The van der Waals surface area contributed by atoms with Crippen molar-refractivity contribution in [2.45, 2.75) is 25.3 Å². The second-order valence-electron chi connectivity index (χ2n) is 3.99. The molecule has 2 rings (SSSR count). The maximum Gasteiger partial charge on any atom is 0.315 e. The Hall–Kier alpha value is -0.770. The largest absolute Gasteiger partial charge is 0.351 e. The van der Waals surface area contributed by atoms with Crippen LogP contribution >= 0.6 is 0 Å². The summed E-state index contributed by atoms with van der Waals surface area (Å²) in [5.74, 6) is 0.695. The Kier molecular flexibility index (Phi) is 2.40. The van der Waals surface area contributed by atoms with Crippen molar-refractivity contribution in [1.29, 1.82) is 0 Å². The number of primary amides is 1. The van der Waals surface area contributed by atoms with Crippen molar-refractivity contribution in [3.05, 3.63) is 0 Å². The number of piperazine rings is 1. The van der Waals surface area contributed by atoms with Crippen LogP contribution in [0.4, 0.5) is 4.79 Å². The lowest BCUT2D eigenvalue weighted by atomic mass is 9.78. The monoisotopic (exact) mass is 183 g/mol. The van der Waals surface area contributed by atoms with Gasteiger partial charge in [-0.2, -0.15) is 0 Å². The van der Waals surface area contributed by atoms with Crippen molar-refractivity contribution in [2.75, 3.05) is 19.6 Å². The van der Waals surface area contributed by atoms with Gasteiger partial charge in [0.25, 0.3) is 0 Å². The quantitative estimate of drug-likeness (QED) is 0.607. The van der Waals surface area contributed by atoms with E-state index in [0.29, 0.717) is 12.0 Å². The molecule has 4 nitrogen and oxygen atoms in total. The third kappa shape index (κ3) is 1.63. The molecule has 1 saturated carbocycles. The van der Waals surface area contributed by atoms with Crippen molar-refractivity contribution >= 4 is 6.03 Å². The van der Waals surface area contributed by atoms with Gasteiger partial charge in [-0.15, -0.1) is 0 Å². The van der Waals surface area contributed by atoms with E-state index in [0.717, 1.165) is 19.6 Å². The van der Waals surface area contributed by atoms with Gasteiger partial charge < -0.3 is 16.0 Å². The van der Waals surface area contributed by atoms with Gasteiger partial charge in [0.2, 0.25) is 0 Å². The highest BCUT2D eigenvalue weighted by Gasteiger charge is 2.34. The molecule has 0 spiro atoms. The molecule has 1 saturated heterocycles. The Labute approximate surface area is 78.5 Å². The Morgan fingerprint density at radius 3 is 2.77 bits per heavy atom. The highest BCUT2D eigenvalue weighted by Crippen LogP contribution is 2.32. The van der Waals surface area contributed by atoms with Gasteiger partial charge in [-0.3, -0.25) is 0 Å². The lowest BCUT2D eigenvalue weighted by molar-refractivity contribution is 0.0991. The molecule has 0 aromatic carbocycles. The molecule has 74 valence electrons. The molecule has 2 amide bonds. The first kappa shape index (κ1) is 8.81. The van der Waals surface area contributed by atoms with Crippen LogP contribution in [-0.4, -0.2) is 36.6 Å². The molecule has 0 aromatic heterocycles. The van der Waals surface area contributed by atoms with Gasteiger partial charge in [-0.1, -0.05) is 6.42 Å². The number of hydrogen-bond acceptors (Lipinski definition) is 2. The van der Waals surface area contributed by atoms with E-state index >= 15 is 0 Å². The highest BCUT2D eigenvalue weighted by atomic mass is 16.2. The van der Waals surface area contributed by atoms with Crippen molar-refractivity contribution in [1.82, 2.24) is 10.2 Å². The zero-order valence-corrected chi connectivity index (χ0v) is 7.83. The average Bonchev–Trinajstić information content (AvgIpc) is 2.02. The fourth-order valence-corrected chi connectivity index (χ4v) is 2.24. The number of urea groups is 1. The van der Waals surface area contributed by atoms with Gasteiger partial charge in [0.15, 0.2) is 0 Å². The van der Waals surface area contributed by atoms with Gasteiger partial charge >= 0.3 is 6.03 Å². The summed E-state index contributed by atoms with van der Waals surface area (Å²) in [6.07, 6.45) is 3.83. The Bertz CT molecular complexity index is 203. The Morgan fingerprint density at radius 1 is 1.46 bits per heavy atom. The lowest BCUT2D eigenvalue weighted by Gasteiger charge is -2.43. The van der Waals surface area contributed by atoms with E-state index in [9.17, 15) is 4.79 Å². The molecular formula is C9H17N3O. The number of nitrogens with one attached hydrogen (secondary N) is 1. The minimum Gasteiger partial charge on any atom is -0.351 e. The average molecular weight is 183 g/mol. The molecule has 2 aliphatic rings. The SMILES string of the molecule is NC(=O)N1CCNCC1C1CCC1. The van der Waals surface area contributed by atoms with Crippen molar-refractivity contribution < 1.29 is 4.79 Å². The summed E-state index contributed by atoms with van der Waals surface area (Å²) in [4.78, 5) is 13.0. The van der Waals surface area contributed by atoms with Crippen LogP contribution in [0, 0.1) is 5.92 Å². The van der Waals surface area contributed by atoms with Crippen LogP contribution in [-0.2, 0) is 0 Å². The molecule has 1 aliphatic heterocycles. The second kappa shape index (κ2) is 3.54. The van der Waals surface area contributed by atoms with E-state index in [1.165, 1.54) is 19.3 Å². The summed E-state index contributed by atoms with van der Waals surface area (Å²) < 4.78 is 0. The minimum atomic E-state index is -0.251. The summed E-state index contributed by atoms with van der Waals surface area (Å²) in [5, 5.41) is 3.32. The summed E-state index contributed by atoms with van der Waals surface area (Å²) in [6.45, 7) is 2.58. The van der Waals surface area contributed by atoms with Crippen molar-refractivity contribution in [3.8, 4) is 0 Å². The molecule has 1 unspecified atom stereocenters. The van der Waals surface area contributed by atoms with Crippen molar-refractivity contribution in [3.63, 3.8) is 0 Å². The smallest absolute Gasteiger partial charge is 0.315 e. The van der Waals surface area contributed by atoms with Crippen LogP contribution in [0.15, 0.2) is 0 Å². The summed E-state index contributed by atoms with van der Waals surface area (Å²) in [7, 11) is 0. The van der Waals surface area contributed by atoms with Gasteiger partial charge in [-0.25, -0.2) is 4.79 Å². The molecule has 2 fully saturated rings. The van der Waals surface area contributed by atoms with E-state index in [-0.39, 0.29) is 6.03 Å². The van der Waals surface area contributed by atoms with Crippen LogP contribution < -0.4 is 11.1 Å². The summed E-state index contributed by atoms with van der Waals surface area (Å²) >= 11 is 0. The van der Waals surface area contributed by atoms with Crippen LogP contribution in [0.2, 0.25) is 0 Å². The van der Waals surface area contributed by atoms with Crippen LogP contribution in [0.25, 0.3) is 0 Å². The van der Waals surface area contributed by atoms with Gasteiger partial charge in [0.05, 0.1) is 0 Å². The molecule has 4 heteroatoms. The number of nitrogens with zero attached hydrogens (tertiary/aromatic N) is 1. The molecule has 1 aliphatic carbocycles. The third-order valence-electron chi connectivity index (χ3n) is 3.26. The molecule has 1 atom stereocenters. The standard InChI is InChI=1S/C9H17N3O/c10-9(13)12-5-4-11-6-8(12)7-2-1-3-7/h7-8,11H,1-6H2,(H2,10,13). The lowest BCUT2D eigenvalue weighted by Crippen LogP contribution is -2.59. The number of carbonyl (C=O) groups excluding carboxylic acids is 1. The van der Waals surface area contributed by atoms with Crippen molar-refractivity contribution in [2.24, 2.45) is 11.7 Å². The highest BCUT2D eigenvalue weighted by molar-refractivity contribution is 5.72. The maximum absolute atomic E-state index is 11.1. The first-order valence-corrected chi connectivity index (χ1v) is 5.06. The predicted molar refractivity (Wildman–Crippen MR) is 50.3 cm³/mol. The van der Waals surface area contributed by atoms with E-state index in [4.69, 9.17) is 5.73 Å². The Morgan fingerprint density at radius 2 is 2.23 bits per heavy atom. The molecule has 0 bridgehead atoms. The molecule has 13 heavy (non-hydrogen) atoms. The molecule has 1 heterocycles. The van der Waals surface area contributed by atoms with E-state index in [1.807, 2.05) is 4.90 Å². The predicted octanol–water partition coefficient (Wildman–Crippen LogP) is 0.139. The fraction of sp³-hybridized carbons (Fsp3) is 0.889. The van der Waals surface area contributed by atoms with E-state index in [1.54, 1.807) is 0 Å². The molecule has 3 N–H and O–H groups in total. The summed E-state index contributed by atoms with van der Waals surface area (Å²) in [5.41, 5.74) is 5.33. The normalized spacial score (nSPS) is 29.8. The van der Waals surface area contributed by atoms with Crippen LogP contribution in [0.1, 0.15) is 19.3 Å². The summed E-state index contributed by atoms with van der Waals surface area (Å²) in [6, 6.07) is 0.110. The van der Waals surface area contributed by atoms with Crippen LogP contribution in [0.3, 0.4) is 0 Å². The fourth-order valence-electron chi connectivity index (χ4n) is 2.24.